The molecular weight excluding hydrogens is 284 g/mol. The molecule has 118 valence electrons. The van der Waals surface area contributed by atoms with Crippen LogP contribution in [0, 0.1) is 13.8 Å². The molecule has 2 nitrogen and oxygen atoms in total. The number of methoxy groups -OCH3 is 1. The van der Waals surface area contributed by atoms with E-state index >= 15 is 0 Å². The standard InChI is InChI=1S/C21H22O2/c1-5-23-19-11-10-16-8-6-7-9-18(16)21(19)20-14(2)12-17(22-4)13-15(20)3/h6-13H,5H2,1-4H3. The van der Waals surface area contributed by atoms with Gasteiger partial charge in [0.15, 0.2) is 0 Å². The number of fused-ring (bicyclic) bond motifs is 1. The van der Waals surface area contributed by atoms with E-state index in [1.165, 1.54) is 33.0 Å². The highest BCUT2D eigenvalue weighted by molar-refractivity contribution is 6.01. The normalized spacial score (nSPS) is 10.8. The van der Waals surface area contributed by atoms with Gasteiger partial charge in [-0.25, -0.2) is 0 Å². The molecule has 0 aliphatic carbocycles. The van der Waals surface area contributed by atoms with E-state index in [1.54, 1.807) is 7.11 Å². The van der Waals surface area contributed by atoms with Gasteiger partial charge in [-0.1, -0.05) is 30.3 Å². The van der Waals surface area contributed by atoms with E-state index in [-0.39, 0.29) is 0 Å². The lowest BCUT2D eigenvalue weighted by atomic mass is 9.90. The topological polar surface area (TPSA) is 18.5 Å². The first-order valence-corrected chi connectivity index (χ1v) is 7.96. The van der Waals surface area contributed by atoms with Crippen molar-refractivity contribution in [1.29, 1.82) is 0 Å². The zero-order chi connectivity index (χ0) is 16.4. The van der Waals surface area contributed by atoms with Gasteiger partial charge in [0, 0.05) is 5.56 Å². The fraction of sp³-hybridized carbons (Fsp3) is 0.238. The Hall–Kier alpha value is -2.48. The van der Waals surface area contributed by atoms with Crippen molar-refractivity contribution in [3.05, 3.63) is 59.7 Å². The molecule has 2 heteroatoms. The average molecular weight is 306 g/mol. The lowest BCUT2D eigenvalue weighted by Crippen LogP contribution is -1.98. The quantitative estimate of drug-likeness (QED) is 0.631. The molecule has 0 heterocycles. The number of aryl methyl sites for hydroxylation is 2. The second-order valence-corrected chi connectivity index (χ2v) is 5.73. The maximum absolute atomic E-state index is 5.93. The SMILES string of the molecule is CCOc1ccc2ccccc2c1-c1c(C)cc(OC)cc1C. The minimum absolute atomic E-state index is 0.652. The molecule has 0 saturated heterocycles. The summed E-state index contributed by atoms with van der Waals surface area (Å²) >= 11 is 0. The van der Waals surface area contributed by atoms with Gasteiger partial charge in [-0.05, 0) is 66.4 Å². The van der Waals surface area contributed by atoms with Crippen LogP contribution in [0.15, 0.2) is 48.5 Å². The molecule has 0 aliphatic heterocycles. The molecule has 0 fully saturated rings. The second-order valence-electron chi connectivity index (χ2n) is 5.73. The van der Waals surface area contributed by atoms with Crippen molar-refractivity contribution in [3.8, 4) is 22.6 Å². The van der Waals surface area contributed by atoms with Crippen molar-refractivity contribution >= 4 is 10.8 Å². The van der Waals surface area contributed by atoms with Crippen LogP contribution in [0.5, 0.6) is 11.5 Å². The Labute approximate surface area is 137 Å². The Morgan fingerprint density at radius 1 is 0.870 bits per heavy atom. The predicted octanol–water partition coefficient (Wildman–Crippen LogP) is 5.53. The molecule has 0 unspecified atom stereocenters. The molecule has 3 aromatic rings. The molecular formula is C21H22O2. The van der Waals surface area contributed by atoms with E-state index in [0.29, 0.717) is 6.61 Å². The summed E-state index contributed by atoms with van der Waals surface area (Å²) in [5, 5.41) is 2.44. The monoisotopic (exact) mass is 306 g/mol. The average Bonchev–Trinajstić information content (AvgIpc) is 2.55. The smallest absolute Gasteiger partial charge is 0.127 e. The molecule has 0 saturated carbocycles. The zero-order valence-corrected chi connectivity index (χ0v) is 14.1. The van der Waals surface area contributed by atoms with Crippen LogP contribution >= 0.6 is 0 Å². The Morgan fingerprint density at radius 2 is 1.57 bits per heavy atom. The second kappa shape index (κ2) is 6.33. The number of rotatable bonds is 4. The molecule has 0 aromatic heterocycles. The third kappa shape index (κ3) is 2.77. The third-order valence-electron chi connectivity index (χ3n) is 4.18. The Balaban J connectivity index is 2.36. The van der Waals surface area contributed by atoms with Gasteiger partial charge in [0.25, 0.3) is 0 Å². The first-order valence-electron chi connectivity index (χ1n) is 7.96. The van der Waals surface area contributed by atoms with Crippen LogP contribution in [0.2, 0.25) is 0 Å². The van der Waals surface area contributed by atoms with Crippen molar-refractivity contribution in [1.82, 2.24) is 0 Å². The lowest BCUT2D eigenvalue weighted by molar-refractivity contribution is 0.342. The van der Waals surface area contributed by atoms with E-state index in [0.717, 1.165) is 11.5 Å². The first kappa shape index (κ1) is 15.4. The summed E-state index contributed by atoms with van der Waals surface area (Å²) in [5.41, 5.74) is 4.78. The first-order chi connectivity index (χ1) is 11.2. The van der Waals surface area contributed by atoms with Crippen LogP contribution < -0.4 is 9.47 Å². The van der Waals surface area contributed by atoms with E-state index in [4.69, 9.17) is 9.47 Å². The van der Waals surface area contributed by atoms with Gasteiger partial charge < -0.3 is 9.47 Å². The van der Waals surface area contributed by atoms with E-state index < -0.39 is 0 Å². The fourth-order valence-electron chi connectivity index (χ4n) is 3.22. The molecule has 23 heavy (non-hydrogen) atoms. The summed E-state index contributed by atoms with van der Waals surface area (Å²) in [5.74, 6) is 1.82. The molecule has 0 atom stereocenters. The van der Waals surface area contributed by atoms with E-state index in [9.17, 15) is 0 Å². The summed E-state index contributed by atoms with van der Waals surface area (Å²) < 4.78 is 11.3. The third-order valence-corrected chi connectivity index (χ3v) is 4.18. The van der Waals surface area contributed by atoms with Crippen molar-refractivity contribution < 1.29 is 9.47 Å². The Bertz CT molecular complexity index is 827. The van der Waals surface area contributed by atoms with E-state index in [1.807, 2.05) is 6.92 Å². The summed E-state index contributed by atoms with van der Waals surface area (Å²) in [7, 11) is 1.71. The van der Waals surface area contributed by atoms with Gasteiger partial charge in [0.05, 0.1) is 13.7 Å². The molecule has 0 amide bonds. The minimum atomic E-state index is 0.652. The van der Waals surface area contributed by atoms with Crippen molar-refractivity contribution in [2.24, 2.45) is 0 Å². The highest BCUT2D eigenvalue weighted by Crippen LogP contribution is 2.41. The number of benzene rings is 3. The highest BCUT2D eigenvalue weighted by Gasteiger charge is 2.16. The molecule has 3 rings (SSSR count). The zero-order valence-electron chi connectivity index (χ0n) is 14.1. The Morgan fingerprint density at radius 3 is 2.22 bits per heavy atom. The van der Waals surface area contributed by atoms with Crippen LogP contribution in [0.3, 0.4) is 0 Å². The predicted molar refractivity (Wildman–Crippen MR) is 96.6 cm³/mol. The van der Waals surface area contributed by atoms with Gasteiger partial charge >= 0.3 is 0 Å². The fourth-order valence-corrected chi connectivity index (χ4v) is 3.22. The summed E-state index contributed by atoms with van der Waals surface area (Å²) in [6.45, 7) is 6.93. The maximum atomic E-state index is 5.93. The summed E-state index contributed by atoms with van der Waals surface area (Å²) in [6.07, 6.45) is 0. The molecule has 3 aromatic carbocycles. The Kier molecular flexibility index (Phi) is 4.24. The van der Waals surface area contributed by atoms with Crippen LogP contribution in [-0.4, -0.2) is 13.7 Å². The number of ether oxygens (including phenoxy) is 2. The molecule has 0 spiro atoms. The lowest BCUT2D eigenvalue weighted by Gasteiger charge is -2.18. The van der Waals surface area contributed by atoms with Crippen LogP contribution in [0.1, 0.15) is 18.1 Å². The highest BCUT2D eigenvalue weighted by atomic mass is 16.5. The van der Waals surface area contributed by atoms with E-state index in [2.05, 4.69) is 62.4 Å². The largest absolute Gasteiger partial charge is 0.497 e. The molecule has 0 aliphatic rings. The van der Waals surface area contributed by atoms with Crippen LogP contribution in [0.25, 0.3) is 21.9 Å². The van der Waals surface area contributed by atoms with Gasteiger partial charge in [0.1, 0.15) is 11.5 Å². The number of hydrogen-bond donors (Lipinski definition) is 0. The van der Waals surface area contributed by atoms with Crippen molar-refractivity contribution in [2.45, 2.75) is 20.8 Å². The van der Waals surface area contributed by atoms with Crippen LogP contribution in [0.4, 0.5) is 0 Å². The van der Waals surface area contributed by atoms with Gasteiger partial charge in [0.2, 0.25) is 0 Å². The minimum Gasteiger partial charge on any atom is -0.497 e. The van der Waals surface area contributed by atoms with Crippen LogP contribution in [-0.2, 0) is 0 Å². The maximum Gasteiger partial charge on any atom is 0.127 e. The van der Waals surface area contributed by atoms with Crippen molar-refractivity contribution in [3.63, 3.8) is 0 Å². The van der Waals surface area contributed by atoms with Gasteiger partial charge in [-0.2, -0.15) is 0 Å². The number of hydrogen-bond acceptors (Lipinski definition) is 2. The molecule has 0 radical (unpaired) electrons. The molecule has 0 bridgehead atoms. The van der Waals surface area contributed by atoms with Crippen molar-refractivity contribution in [2.75, 3.05) is 13.7 Å². The van der Waals surface area contributed by atoms with Gasteiger partial charge in [-0.15, -0.1) is 0 Å². The molecule has 0 N–H and O–H groups in total. The summed E-state index contributed by atoms with van der Waals surface area (Å²) in [4.78, 5) is 0. The summed E-state index contributed by atoms with van der Waals surface area (Å²) in [6, 6.07) is 16.8. The van der Waals surface area contributed by atoms with Gasteiger partial charge in [-0.3, -0.25) is 0 Å².